The Kier molecular flexibility index (Phi) is 2.71. The van der Waals surface area contributed by atoms with Gasteiger partial charge in [0.25, 0.3) is 0 Å². The van der Waals surface area contributed by atoms with E-state index in [-0.39, 0.29) is 5.60 Å². The monoisotopic (exact) mass is 211 g/mol. The summed E-state index contributed by atoms with van der Waals surface area (Å²) >= 11 is 0. The number of morpholine rings is 1. The highest BCUT2D eigenvalue weighted by atomic mass is 16.6. The van der Waals surface area contributed by atoms with Gasteiger partial charge in [-0.2, -0.15) is 0 Å². The van der Waals surface area contributed by atoms with Gasteiger partial charge in [0.15, 0.2) is 0 Å². The lowest BCUT2D eigenvalue weighted by Gasteiger charge is -2.50. The highest BCUT2D eigenvalue weighted by molar-refractivity contribution is 5.01. The molecule has 0 amide bonds. The first-order valence-electron chi connectivity index (χ1n) is 6.34. The predicted molar refractivity (Wildman–Crippen MR) is 57.9 cm³/mol. The van der Waals surface area contributed by atoms with Crippen LogP contribution in [0.3, 0.4) is 0 Å². The molecule has 1 spiro atoms. The molecule has 0 aromatic carbocycles. The van der Waals surface area contributed by atoms with Crippen molar-refractivity contribution >= 4 is 0 Å². The molecule has 0 aromatic rings. The first-order chi connectivity index (χ1) is 7.39. The van der Waals surface area contributed by atoms with Crippen LogP contribution in [0, 0.1) is 5.92 Å². The van der Waals surface area contributed by atoms with Gasteiger partial charge in [-0.1, -0.05) is 25.7 Å². The highest BCUT2D eigenvalue weighted by Crippen LogP contribution is 2.36. The Bertz CT molecular complexity index is 222. The van der Waals surface area contributed by atoms with Crippen LogP contribution in [0.25, 0.3) is 0 Å². The summed E-state index contributed by atoms with van der Waals surface area (Å²) in [4.78, 5) is 0. The topological polar surface area (TPSA) is 30.5 Å². The van der Waals surface area contributed by atoms with Gasteiger partial charge >= 0.3 is 0 Å². The molecule has 86 valence electrons. The molecule has 3 aliphatic rings. The lowest BCUT2D eigenvalue weighted by atomic mass is 9.83. The van der Waals surface area contributed by atoms with Gasteiger partial charge in [-0.25, -0.2) is 0 Å². The molecule has 3 fully saturated rings. The van der Waals surface area contributed by atoms with E-state index in [9.17, 15) is 0 Å². The van der Waals surface area contributed by atoms with Gasteiger partial charge in [0, 0.05) is 12.6 Å². The van der Waals surface area contributed by atoms with E-state index in [4.69, 9.17) is 9.47 Å². The van der Waals surface area contributed by atoms with E-state index in [0.29, 0.717) is 6.04 Å². The van der Waals surface area contributed by atoms with E-state index in [0.717, 1.165) is 32.3 Å². The van der Waals surface area contributed by atoms with Crippen LogP contribution >= 0.6 is 0 Å². The number of ether oxygens (including phenoxy) is 2. The van der Waals surface area contributed by atoms with Gasteiger partial charge in [0.2, 0.25) is 0 Å². The fraction of sp³-hybridized carbons (Fsp3) is 1.00. The molecule has 0 bridgehead atoms. The zero-order valence-corrected chi connectivity index (χ0v) is 9.34. The lowest BCUT2D eigenvalue weighted by Crippen LogP contribution is -2.68. The van der Waals surface area contributed by atoms with Crippen molar-refractivity contribution in [2.45, 2.75) is 43.7 Å². The minimum atomic E-state index is 0.0425. The summed E-state index contributed by atoms with van der Waals surface area (Å²) in [6.45, 7) is 3.47. The molecule has 1 unspecified atom stereocenters. The molecule has 0 aromatic heterocycles. The van der Waals surface area contributed by atoms with E-state index < -0.39 is 0 Å². The Balaban J connectivity index is 1.61. The molecule has 1 aliphatic carbocycles. The maximum Gasteiger partial charge on any atom is 0.130 e. The van der Waals surface area contributed by atoms with E-state index >= 15 is 0 Å². The molecular weight excluding hydrogens is 190 g/mol. The van der Waals surface area contributed by atoms with Gasteiger partial charge in [-0.05, 0) is 12.3 Å². The van der Waals surface area contributed by atoms with Crippen molar-refractivity contribution in [2.75, 3.05) is 26.4 Å². The Labute approximate surface area is 91.5 Å². The maximum absolute atomic E-state index is 5.94. The van der Waals surface area contributed by atoms with Gasteiger partial charge in [0.1, 0.15) is 5.60 Å². The third-order valence-corrected chi connectivity index (χ3v) is 4.25. The van der Waals surface area contributed by atoms with Crippen LogP contribution < -0.4 is 5.32 Å². The predicted octanol–water partition coefficient (Wildman–Crippen LogP) is 1.32. The lowest BCUT2D eigenvalue weighted by molar-refractivity contribution is -0.239. The normalized spacial score (nSPS) is 35.6. The first kappa shape index (κ1) is 10.1. The summed E-state index contributed by atoms with van der Waals surface area (Å²) in [5.41, 5.74) is 0.0425. The van der Waals surface area contributed by atoms with E-state index in [1.165, 1.54) is 32.1 Å². The summed E-state index contributed by atoms with van der Waals surface area (Å²) < 4.78 is 11.3. The zero-order chi connectivity index (χ0) is 10.1. The van der Waals surface area contributed by atoms with E-state index in [2.05, 4.69) is 5.32 Å². The fourth-order valence-corrected chi connectivity index (χ4v) is 3.24. The highest BCUT2D eigenvalue weighted by Gasteiger charge is 2.49. The van der Waals surface area contributed by atoms with Crippen molar-refractivity contribution in [3.63, 3.8) is 0 Å². The Morgan fingerprint density at radius 1 is 1.20 bits per heavy atom. The maximum atomic E-state index is 5.94. The number of nitrogens with one attached hydrogen (secondary N) is 1. The van der Waals surface area contributed by atoms with Crippen molar-refractivity contribution < 1.29 is 9.47 Å². The SMILES string of the molecule is C1CCC(CC2NCCOC23COC3)C1. The number of hydrogen-bond donors (Lipinski definition) is 1. The Hall–Kier alpha value is -0.120. The second-order valence-electron chi connectivity index (χ2n) is 5.30. The minimum absolute atomic E-state index is 0.0425. The summed E-state index contributed by atoms with van der Waals surface area (Å²) in [6.07, 6.45) is 7.01. The standard InChI is InChI=1S/C12H21NO2/c1-2-4-10(3-1)7-11-12(8-14-9-12)15-6-5-13-11/h10-11,13H,1-9H2. The van der Waals surface area contributed by atoms with Crippen molar-refractivity contribution in [3.05, 3.63) is 0 Å². The third-order valence-electron chi connectivity index (χ3n) is 4.25. The van der Waals surface area contributed by atoms with Gasteiger partial charge in [-0.3, -0.25) is 0 Å². The second-order valence-corrected chi connectivity index (χ2v) is 5.30. The first-order valence-corrected chi connectivity index (χ1v) is 6.34. The van der Waals surface area contributed by atoms with Crippen molar-refractivity contribution in [1.82, 2.24) is 5.32 Å². The van der Waals surface area contributed by atoms with Crippen LogP contribution in [-0.4, -0.2) is 38.0 Å². The van der Waals surface area contributed by atoms with Crippen molar-refractivity contribution in [3.8, 4) is 0 Å². The molecule has 2 saturated heterocycles. The van der Waals surface area contributed by atoms with Crippen molar-refractivity contribution in [1.29, 1.82) is 0 Å². The van der Waals surface area contributed by atoms with Crippen LogP contribution in [-0.2, 0) is 9.47 Å². The molecule has 1 atom stereocenters. The minimum Gasteiger partial charge on any atom is -0.375 e. The molecule has 1 saturated carbocycles. The zero-order valence-electron chi connectivity index (χ0n) is 9.34. The van der Waals surface area contributed by atoms with Crippen LogP contribution in [0.4, 0.5) is 0 Å². The summed E-state index contributed by atoms with van der Waals surface area (Å²) in [6, 6.07) is 0.545. The van der Waals surface area contributed by atoms with Crippen LogP contribution in [0.15, 0.2) is 0 Å². The average molecular weight is 211 g/mol. The van der Waals surface area contributed by atoms with E-state index in [1.54, 1.807) is 0 Å². The summed E-state index contributed by atoms with van der Waals surface area (Å²) in [7, 11) is 0. The molecule has 3 rings (SSSR count). The molecule has 0 radical (unpaired) electrons. The van der Waals surface area contributed by atoms with Crippen LogP contribution in [0.5, 0.6) is 0 Å². The molecule has 3 nitrogen and oxygen atoms in total. The summed E-state index contributed by atoms with van der Waals surface area (Å²) in [5, 5.41) is 3.63. The Morgan fingerprint density at radius 2 is 2.00 bits per heavy atom. The third kappa shape index (κ3) is 1.81. The van der Waals surface area contributed by atoms with Gasteiger partial charge < -0.3 is 14.8 Å². The molecule has 15 heavy (non-hydrogen) atoms. The number of hydrogen-bond acceptors (Lipinski definition) is 3. The van der Waals surface area contributed by atoms with Gasteiger partial charge in [-0.15, -0.1) is 0 Å². The largest absolute Gasteiger partial charge is 0.375 e. The molecule has 3 heteroatoms. The van der Waals surface area contributed by atoms with Gasteiger partial charge in [0.05, 0.1) is 19.8 Å². The van der Waals surface area contributed by atoms with Crippen LogP contribution in [0.1, 0.15) is 32.1 Å². The molecular formula is C12H21NO2. The molecule has 2 heterocycles. The smallest absolute Gasteiger partial charge is 0.130 e. The van der Waals surface area contributed by atoms with Crippen molar-refractivity contribution in [2.24, 2.45) is 5.92 Å². The Morgan fingerprint density at radius 3 is 2.67 bits per heavy atom. The van der Waals surface area contributed by atoms with E-state index in [1.807, 2.05) is 0 Å². The quantitative estimate of drug-likeness (QED) is 0.747. The fourth-order valence-electron chi connectivity index (χ4n) is 3.24. The number of rotatable bonds is 2. The van der Waals surface area contributed by atoms with Crippen LogP contribution in [0.2, 0.25) is 0 Å². The summed E-state index contributed by atoms with van der Waals surface area (Å²) in [5.74, 6) is 0.932. The average Bonchev–Trinajstić information content (AvgIpc) is 2.69. The molecule has 2 aliphatic heterocycles. The molecule has 1 N–H and O–H groups in total. The second kappa shape index (κ2) is 4.04.